The first-order valence-corrected chi connectivity index (χ1v) is 8.73. The largest absolute Gasteiger partial charge is 0.573 e. The number of halogens is 3. The van der Waals surface area contributed by atoms with E-state index < -0.39 is 18.0 Å². The number of alkyl halides is 3. The molecule has 0 spiro atoms. The third-order valence-electron chi connectivity index (χ3n) is 4.15. The minimum Gasteiger partial charge on any atom is -0.405 e. The van der Waals surface area contributed by atoms with Crippen molar-refractivity contribution in [1.82, 2.24) is 30.8 Å². The second kappa shape index (κ2) is 7.43. The lowest BCUT2D eigenvalue weighted by molar-refractivity contribution is -0.274. The zero-order valence-electron chi connectivity index (χ0n) is 15.5. The number of hydrogen-bond acceptors (Lipinski definition) is 6. The maximum absolute atomic E-state index is 12.8. The zero-order valence-corrected chi connectivity index (χ0v) is 15.5. The van der Waals surface area contributed by atoms with Gasteiger partial charge in [0.05, 0.1) is 11.4 Å². The van der Waals surface area contributed by atoms with Gasteiger partial charge in [0.1, 0.15) is 11.6 Å². The number of imidazole rings is 1. The minimum absolute atomic E-state index is 0.125. The molecular weight excluding hydrogens is 401 g/mol. The normalized spacial score (nSPS) is 13.4. The highest BCUT2D eigenvalue weighted by Gasteiger charge is 2.32. The molecule has 154 valence electrons. The molecule has 3 aromatic rings. The highest BCUT2D eigenvalue weighted by molar-refractivity contribution is 5.95. The number of nitrogens with zero attached hydrogens (tertiary/aromatic N) is 3. The second-order valence-electron chi connectivity index (χ2n) is 6.24. The smallest absolute Gasteiger partial charge is 0.405 e. The van der Waals surface area contributed by atoms with Crippen molar-refractivity contribution in [3.63, 3.8) is 0 Å². The first kappa shape index (κ1) is 19.3. The maximum atomic E-state index is 12.8. The molecule has 30 heavy (non-hydrogen) atoms. The van der Waals surface area contributed by atoms with E-state index in [1.165, 1.54) is 28.8 Å². The number of carbonyl (C=O) groups excluding carboxylic acids is 1. The van der Waals surface area contributed by atoms with Crippen molar-refractivity contribution in [3.05, 3.63) is 72.0 Å². The molecule has 0 fully saturated rings. The second-order valence-corrected chi connectivity index (χ2v) is 6.24. The lowest BCUT2D eigenvalue weighted by Gasteiger charge is -2.15. The van der Waals surface area contributed by atoms with Gasteiger partial charge in [-0.1, -0.05) is 12.1 Å². The molecule has 0 unspecified atom stereocenters. The van der Waals surface area contributed by atoms with E-state index in [0.717, 1.165) is 0 Å². The summed E-state index contributed by atoms with van der Waals surface area (Å²) < 4.78 is 43.7. The monoisotopic (exact) mass is 416 g/mol. The van der Waals surface area contributed by atoms with Crippen LogP contribution in [0.1, 0.15) is 16.2 Å². The molecule has 0 radical (unpaired) electrons. The molecule has 3 N–H and O–H groups in total. The van der Waals surface area contributed by atoms with E-state index in [-0.39, 0.29) is 17.0 Å². The summed E-state index contributed by atoms with van der Waals surface area (Å²) in [5.74, 6) is -0.466. The topological polar surface area (TPSA) is 92.6 Å². The number of nitrogens with one attached hydrogen (secondary N) is 3. The number of aryl methyl sites for hydroxylation is 1. The average Bonchev–Trinajstić information content (AvgIpc) is 3.03. The Morgan fingerprint density at radius 1 is 1.20 bits per heavy atom. The third-order valence-corrected chi connectivity index (χ3v) is 4.15. The van der Waals surface area contributed by atoms with Gasteiger partial charge < -0.3 is 15.5 Å². The van der Waals surface area contributed by atoms with Crippen molar-refractivity contribution in [1.29, 1.82) is 0 Å². The number of allylic oxidation sites excluding steroid dienone is 2. The van der Waals surface area contributed by atoms with E-state index in [9.17, 15) is 18.0 Å². The molecule has 4 rings (SSSR count). The van der Waals surface area contributed by atoms with Crippen molar-refractivity contribution in [2.75, 3.05) is 0 Å². The Labute approximate surface area is 168 Å². The van der Waals surface area contributed by atoms with Crippen LogP contribution in [0.2, 0.25) is 0 Å². The molecule has 11 heteroatoms. The summed E-state index contributed by atoms with van der Waals surface area (Å²) in [6.45, 7) is 1.64. The molecule has 1 aliphatic heterocycles. The van der Waals surface area contributed by atoms with Crippen LogP contribution in [0.15, 0.2) is 60.6 Å². The number of carbonyl (C=O) groups is 1. The van der Waals surface area contributed by atoms with Gasteiger partial charge in [-0.3, -0.25) is 10.2 Å². The summed E-state index contributed by atoms with van der Waals surface area (Å²) in [4.78, 5) is 17.1. The zero-order chi connectivity index (χ0) is 21.3. The average molecular weight is 416 g/mol. The van der Waals surface area contributed by atoms with Gasteiger partial charge in [0.15, 0.2) is 11.3 Å². The number of fused-ring (bicyclic) bond motifs is 1. The van der Waals surface area contributed by atoms with Crippen LogP contribution in [0.25, 0.3) is 16.9 Å². The van der Waals surface area contributed by atoms with E-state index in [1.54, 1.807) is 37.4 Å². The summed E-state index contributed by atoms with van der Waals surface area (Å²) in [6.07, 6.45) is 0.140. The van der Waals surface area contributed by atoms with Gasteiger partial charge >= 0.3 is 6.36 Å². The predicted molar refractivity (Wildman–Crippen MR) is 101 cm³/mol. The fraction of sp³-hybridized carbons (Fsp3) is 0.105. The molecule has 0 atom stereocenters. The summed E-state index contributed by atoms with van der Waals surface area (Å²) >= 11 is 0. The van der Waals surface area contributed by atoms with Crippen LogP contribution in [0, 0.1) is 6.92 Å². The summed E-state index contributed by atoms with van der Waals surface area (Å²) in [5.41, 5.74) is 6.75. The molecule has 2 aromatic heterocycles. The van der Waals surface area contributed by atoms with E-state index in [0.29, 0.717) is 17.2 Å². The third kappa shape index (κ3) is 3.90. The molecule has 0 aliphatic carbocycles. The van der Waals surface area contributed by atoms with E-state index in [2.05, 4.69) is 31.0 Å². The lowest BCUT2D eigenvalue weighted by Crippen LogP contribution is -2.39. The van der Waals surface area contributed by atoms with Crippen molar-refractivity contribution in [2.24, 2.45) is 0 Å². The van der Waals surface area contributed by atoms with Gasteiger partial charge in [-0.2, -0.15) is 5.10 Å². The highest BCUT2D eigenvalue weighted by atomic mass is 19.4. The Balaban J connectivity index is 1.75. The van der Waals surface area contributed by atoms with Crippen LogP contribution in [-0.2, 0) is 0 Å². The Morgan fingerprint density at radius 3 is 2.73 bits per heavy atom. The molecular formula is C19H15F3N6O2. The SMILES string of the molecule is Cc1nc2ccc(-c3ccccc3OC(F)(F)F)nn2c1C(=O)NC1=CC=CNN1. The maximum Gasteiger partial charge on any atom is 0.573 e. The Kier molecular flexibility index (Phi) is 4.78. The van der Waals surface area contributed by atoms with Crippen molar-refractivity contribution in [2.45, 2.75) is 13.3 Å². The molecule has 1 amide bonds. The Hall–Kier alpha value is -4.02. The first-order valence-electron chi connectivity index (χ1n) is 8.73. The van der Waals surface area contributed by atoms with Crippen molar-refractivity contribution >= 4 is 11.6 Å². The molecule has 0 bridgehead atoms. The number of hydrogen-bond donors (Lipinski definition) is 3. The number of amides is 1. The lowest BCUT2D eigenvalue weighted by atomic mass is 10.1. The number of benzene rings is 1. The number of aromatic nitrogens is 3. The standard InChI is InChI=1S/C19H15F3N6O2/c1-11-17(18(29)25-15-7-4-10-23-26-15)28-16(24-11)9-8-13(27-28)12-5-2-3-6-14(12)30-19(20,21)22/h2-10,23,26H,1H3,(H,25,29). The first-order chi connectivity index (χ1) is 14.3. The van der Waals surface area contributed by atoms with Gasteiger partial charge in [-0.05, 0) is 43.3 Å². The van der Waals surface area contributed by atoms with Crippen LogP contribution in [0.4, 0.5) is 13.2 Å². The quantitative estimate of drug-likeness (QED) is 0.606. The molecule has 1 aliphatic rings. The molecule has 0 saturated heterocycles. The van der Waals surface area contributed by atoms with Crippen molar-refractivity contribution in [3.8, 4) is 17.0 Å². The van der Waals surface area contributed by atoms with E-state index in [1.807, 2.05) is 0 Å². The van der Waals surface area contributed by atoms with Gasteiger partial charge in [0.25, 0.3) is 5.91 Å². The Bertz CT molecular complexity index is 1180. The van der Waals surface area contributed by atoms with Crippen LogP contribution < -0.4 is 20.9 Å². The molecule has 0 saturated carbocycles. The summed E-state index contributed by atoms with van der Waals surface area (Å²) in [7, 11) is 0. The summed E-state index contributed by atoms with van der Waals surface area (Å²) in [5, 5.41) is 7.03. The Morgan fingerprint density at radius 2 is 2.00 bits per heavy atom. The summed E-state index contributed by atoms with van der Waals surface area (Å²) in [6, 6.07) is 8.73. The van der Waals surface area contributed by atoms with Crippen LogP contribution in [0.3, 0.4) is 0 Å². The van der Waals surface area contributed by atoms with E-state index in [4.69, 9.17) is 0 Å². The van der Waals surface area contributed by atoms with Crippen molar-refractivity contribution < 1.29 is 22.7 Å². The van der Waals surface area contributed by atoms with Gasteiger partial charge in [-0.15, -0.1) is 13.2 Å². The number of para-hydroxylation sites is 1. The fourth-order valence-corrected chi connectivity index (χ4v) is 2.95. The molecule has 3 heterocycles. The fourth-order valence-electron chi connectivity index (χ4n) is 2.95. The van der Waals surface area contributed by atoms with Crippen LogP contribution >= 0.6 is 0 Å². The number of hydrazine groups is 1. The number of ether oxygens (including phenoxy) is 1. The van der Waals surface area contributed by atoms with Gasteiger partial charge in [0, 0.05) is 11.8 Å². The number of rotatable bonds is 4. The van der Waals surface area contributed by atoms with Gasteiger partial charge in [-0.25, -0.2) is 9.50 Å². The molecule has 8 nitrogen and oxygen atoms in total. The van der Waals surface area contributed by atoms with Gasteiger partial charge in [0.2, 0.25) is 0 Å². The highest BCUT2D eigenvalue weighted by Crippen LogP contribution is 2.32. The predicted octanol–water partition coefficient (Wildman–Crippen LogP) is 2.80. The van der Waals surface area contributed by atoms with Crippen LogP contribution in [-0.4, -0.2) is 26.9 Å². The minimum atomic E-state index is -4.85. The molecule has 1 aromatic carbocycles. The van der Waals surface area contributed by atoms with Crippen LogP contribution in [0.5, 0.6) is 5.75 Å². The van der Waals surface area contributed by atoms with E-state index >= 15 is 0 Å².